The first kappa shape index (κ1) is 109. The van der Waals surface area contributed by atoms with Crippen LogP contribution < -0.4 is 77.3 Å². The lowest BCUT2D eigenvalue weighted by molar-refractivity contribution is 0.0683. The number of anilines is 6. The van der Waals surface area contributed by atoms with E-state index >= 15 is 13.2 Å². The summed E-state index contributed by atoms with van der Waals surface area (Å²) in [5.74, 6) is -13.5. The van der Waals surface area contributed by atoms with Gasteiger partial charge in [0.05, 0.1) is 85.0 Å². The lowest BCUT2D eigenvalue weighted by atomic mass is 9.93. The number of fused-ring (bicyclic) bond motifs is 4. The second-order valence-corrected chi connectivity index (χ2v) is 38.3. The second-order valence-electron chi connectivity index (χ2n) is 38.3. The maximum absolute atomic E-state index is 15.2. The third-order valence-corrected chi connectivity index (χ3v) is 28.7. The molecule has 0 saturated carbocycles. The van der Waals surface area contributed by atoms with E-state index in [1.54, 1.807) is 47.1 Å². The summed E-state index contributed by atoms with van der Waals surface area (Å²) in [6, 6.07) is 9.71. The number of carbonyl (C=O) groups is 6. The number of pyridine rings is 6. The van der Waals surface area contributed by atoms with E-state index in [0.717, 1.165) is 92.5 Å². The van der Waals surface area contributed by atoms with Gasteiger partial charge in [-0.15, -0.1) is 0 Å². The van der Waals surface area contributed by atoms with Crippen LogP contribution in [0.2, 0.25) is 0 Å². The molecule has 14 heterocycles. The number of piperazine rings is 5. The number of carboxylic acid groups (broad SMARTS) is 6. The fraction of sp³-hybridized carbons (Fsp3) is 0.423. The SMILES string of the molecule is CC1CCc2c(N3CCC(O)CC3)c(F)cc3c(=O)c(C(=O)O)cn1c23.CCn1cc(C(=O)O)c(=O)c2cc(F)c(N3CCN(C)CC3)cc21.CCn1cc(C(=O)O)c(=O)c2cc(F)c(N3CCNC(C)C3)c(F)c21.CCn1cc(C(=O)O)c(=O)c2cc(F)c(N3CCNCC3)cc21.CN1CCN(c2c(F)cc3c(=O)c(C(=O)O)cn(CCF)c3c2F)CC1.C[C@@H]1COc2c(N3CCN(C)CC3)c(F)cc3c(=O)c(C(=O)O)cn1c23. The largest absolute Gasteiger partial charge is 0.487 e. The summed E-state index contributed by atoms with van der Waals surface area (Å²) in [7, 11) is 5.94. The fourth-order valence-electron chi connectivity index (χ4n) is 20.5. The quantitative estimate of drug-likeness (QED) is 0.0382. The van der Waals surface area contributed by atoms with Crippen molar-refractivity contribution in [2.24, 2.45) is 0 Å². The molecule has 6 aromatic carbocycles. The molecule has 6 aromatic heterocycles. The molecule has 8 aliphatic heterocycles. The van der Waals surface area contributed by atoms with Crippen molar-refractivity contribution in [3.8, 4) is 5.75 Å². The van der Waals surface area contributed by atoms with E-state index in [1.165, 1.54) is 41.5 Å². The van der Waals surface area contributed by atoms with E-state index < -0.39 is 138 Å². The van der Waals surface area contributed by atoms with Gasteiger partial charge in [-0.2, -0.15) is 0 Å². The van der Waals surface area contributed by atoms with Crippen molar-refractivity contribution in [1.82, 2.24) is 52.7 Å². The standard InChI is InChI=1S/C19H21FN2O4.C18H20FN3O4.C17H18F3N3O3.C17H19F2N3O3.C17H20FN3O3.C16H18FN3O3/c1-10-2-3-12-16-13(18(24)14(19(25)26)9-22(10)16)8-15(20)17(12)21-6-4-11(23)5-7-21;1-10-9-26-17-14-11(16(23)12(18(24)25)8-22(10)14)7-13(19)15(17)21-5-3-20(2)4-6-21;1-21-4-6-22(7-5-21)15-12(19)8-10-14(13(15)20)23(3-2-18)9-11(16(10)24)17(25)26;1-3-21-8-11(17(24)25)16(23)10-6-12(18)15(13(19)14(10)21)22-5-4-20-9(2)7-22;1-3-20-10-12(17(23)24)16(22)11-8-13(18)15(9-14(11)20)21-6-4-19(2)5-7-21;1-2-19-9-11(16(22)23)15(21)10-7-12(17)14(8-13(10)19)20-5-3-18-4-6-20/h8-11,23H,2-7H2,1H3,(H,25,26);7-8,10H,3-6,9H2,1-2H3,(H,24,25);8-9H,2-7H2,1H3,(H,25,26);6,8-9,20H,3-5,7H2,1-2H3,(H,24,25);8-10H,3-7H2,1-2H3,(H,23,24);7-9,18H,2-6H2,1H3,(H,22,23)/t;10-;;;;/m.1..../s1. The number of hydrogen-bond acceptors (Lipinski definition) is 25. The molecule has 0 amide bonds. The molecule has 20 rings (SSSR count). The predicted octanol–water partition coefficient (Wildman–Crippen LogP) is 10.2. The van der Waals surface area contributed by atoms with Gasteiger partial charge < -0.3 is 123 Å². The third kappa shape index (κ3) is 21.9. The van der Waals surface area contributed by atoms with E-state index in [0.29, 0.717) is 181 Å². The van der Waals surface area contributed by atoms with E-state index in [4.69, 9.17) is 20.1 Å². The number of halogens is 9. The second kappa shape index (κ2) is 45.7. The lowest BCUT2D eigenvalue weighted by Gasteiger charge is -2.37. The van der Waals surface area contributed by atoms with Crippen molar-refractivity contribution < 1.29 is 109 Å². The number of benzene rings is 6. The van der Waals surface area contributed by atoms with Gasteiger partial charge in [0, 0.05) is 228 Å². The van der Waals surface area contributed by atoms with Crippen LogP contribution in [0.25, 0.3) is 65.4 Å². The molecule has 0 spiro atoms. The Bertz CT molecular complexity index is 7600. The molecule has 8 aliphatic rings. The molecule has 0 bridgehead atoms. The Hall–Kier alpha value is -14.9. The van der Waals surface area contributed by atoms with Crippen molar-refractivity contribution in [3.63, 3.8) is 0 Å². The van der Waals surface area contributed by atoms with Crippen LogP contribution in [-0.4, -0.2) is 298 Å². The topological polar surface area (TPSA) is 438 Å². The first-order valence-electron chi connectivity index (χ1n) is 49.3. The Morgan fingerprint density at radius 3 is 1.13 bits per heavy atom. The van der Waals surface area contributed by atoms with E-state index in [2.05, 4.69) is 20.4 Å². The van der Waals surface area contributed by atoms with Gasteiger partial charge >= 0.3 is 35.8 Å². The Balaban J connectivity index is 0.000000135. The van der Waals surface area contributed by atoms with Crippen molar-refractivity contribution in [1.29, 1.82) is 0 Å². The van der Waals surface area contributed by atoms with Crippen LogP contribution in [0.4, 0.5) is 73.6 Å². The van der Waals surface area contributed by atoms with Crippen LogP contribution >= 0.6 is 0 Å². The van der Waals surface area contributed by atoms with Crippen LogP contribution in [0, 0.1) is 46.5 Å². The number of aliphatic hydroxyl groups is 1. The van der Waals surface area contributed by atoms with Gasteiger partial charge in [0.2, 0.25) is 32.6 Å². The smallest absolute Gasteiger partial charge is 0.341 e. The molecule has 2 unspecified atom stereocenters. The number of alkyl halides is 1. The monoisotopic (exact) mass is 2090 g/mol. The van der Waals surface area contributed by atoms with Gasteiger partial charge in [-0.25, -0.2) is 68.3 Å². The maximum atomic E-state index is 15.2. The van der Waals surface area contributed by atoms with Crippen molar-refractivity contribution >= 4 is 135 Å². The van der Waals surface area contributed by atoms with Crippen molar-refractivity contribution in [2.75, 3.05) is 201 Å². The van der Waals surface area contributed by atoms with Crippen LogP contribution in [0.3, 0.4) is 0 Å². The summed E-state index contributed by atoms with van der Waals surface area (Å²) in [5.41, 5.74) is -3.09. The molecule has 37 nitrogen and oxygen atoms in total. The van der Waals surface area contributed by atoms with Crippen molar-refractivity contribution in [2.45, 2.75) is 118 Å². The molecular formula is C104H116F9N17O20. The average Bonchev–Trinajstić information content (AvgIpc) is 0.694. The highest BCUT2D eigenvalue weighted by Gasteiger charge is 2.37. The average molecular weight is 2100 g/mol. The summed E-state index contributed by atoms with van der Waals surface area (Å²) in [4.78, 5) is 160. The zero-order chi connectivity index (χ0) is 108. The number of carboxylic acids is 6. The van der Waals surface area contributed by atoms with Gasteiger partial charge in [0.1, 0.15) is 92.8 Å². The lowest BCUT2D eigenvalue weighted by Crippen LogP contribution is -2.49. The van der Waals surface area contributed by atoms with Gasteiger partial charge in [-0.3, -0.25) is 28.8 Å². The molecule has 150 heavy (non-hydrogen) atoms. The molecule has 0 aliphatic carbocycles. The molecule has 12 aromatic rings. The van der Waals surface area contributed by atoms with E-state index in [1.807, 2.05) is 80.3 Å². The molecule has 6 fully saturated rings. The molecular weight excluding hydrogens is 1980 g/mol. The Labute approximate surface area is 850 Å². The normalized spacial score (nSPS) is 17.6. The van der Waals surface area contributed by atoms with Crippen molar-refractivity contribution in [3.05, 3.63) is 233 Å². The van der Waals surface area contributed by atoms with Gasteiger partial charge in [0.15, 0.2) is 23.2 Å². The van der Waals surface area contributed by atoms with Crippen LogP contribution in [-0.2, 0) is 32.6 Å². The Morgan fingerprint density at radius 1 is 0.367 bits per heavy atom. The van der Waals surface area contributed by atoms with Gasteiger partial charge in [-0.05, 0) is 137 Å². The molecule has 46 heteroatoms. The molecule has 3 atom stereocenters. The van der Waals surface area contributed by atoms with E-state index in [-0.39, 0.29) is 116 Å². The number of aryl methyl sites for hydroxylation is 5. The van der Waals surface area contributed by atoms with Gasteiger partial charge in [0.25, 0.3) is 0 Å². The van der Waals surface area contributed by atoms with Crippen LogP contribution in [0.15, 0.2) is 114 Å². The molecule has 800 valence electrons. The minimum absolute atomic E-state index is 0.0326. The number of nitrogens with one attached hydrogen (secondary N) is 2. The van der Waals surface area contributed by atoms with Gasteiger partial charge in [-0.1, -0.05) is 0 Å². The summed E-state index contributed by atoms with van der Waals surface area (Å²) < 4.78 is 147. The number of likely N-dealkylation sites (N-methyl/N-ethyl adjacent to an activating group) is 3. The summed E-state index contributed by atoms with van der Waals surface area (Å²) >= 11 is 0. The Morgan fingerprint density at radius 2 is 0.707 bits per heavy atom. The minimum atomic E-state index is -1.53. The molecule has 6 saturated heterocycles. The number of nitrogens with zero attached hydrogens (tertiary/aromatic N) is 15. The number of aliphatic hydroxyl groups excluding tert-OH is 1. The fourth-order valence-corrected chi connectivity index (χ4v) is 20.5. The highest BCUT2D eigenvalue weighted by molar-refractivity contribution is 6.01. The summed E-state index contributed by atoms with van der Waals surface area (Å²) in [5, 5.41) is 71.1. The number of hydrogen-bond donors (Lipinski definition) is 9. The highest BCUT2D eigenvalue weighted by Crippen LogP contribution is 2.44. The zero-order valence-electron chi connectivity index (χ0n) is 83.9. The summed E-state index contributed by atoms with van der Waals surface area (Å²) in [6.45, 7) is 25.0. The minimum Gasteiger partial charge on any atom is -0.487 e. The number of aromatic carboxylic acids is 6. The molecule has 9 N–H and O–H groups in total. The first-order chi connectivity index (χ1) is 71.4. The third-order valence-electron chi connectivity index (χ3n) is 28.7. The maximum Gasteiger partial charge on any atom is 0.341 e. The Kier molecular flexibility index (Phi) is 33.3. The number of aromatic nitrogens is 6. The number of piperidine rings is 1. The predicted molar refractivity (Wildman–Crippen MR) is 548 cm³/mol. The number of ether oxygens (including phenoxy) is 1. The summed E-state index contributed by atoms with van der Waals surface area (Å²) in [6.07, 6.45) is 9.59. The van der Waals surface area contributed by atoms with Crippen LogP contribution in [0.5, 0.6) is 5.75 Å². The number of rotatable bonds is 17. The zero-order valence-corrected chi connectivity index (χ0v) is 83.9. The highest BCUT2D eigenvalue weighted by atomic mass is 19.2. The molecule has 0 radical (unpaired) electrons. The van der Waals surface area contributed by atoms with E-state index in [9.17, 15) is 104 Å². The van der Waals surface area contributed by atoms with Crippen LogP contribution in [0.1, 0.15) is 141 Å². The first-order valence-corrected chi connectivity index (χ1v) is 49.3.